The summed E-state index contributed by atoms with van der Waals surface area (Å²) in [5, 5.41) is 1.94. The number of halogens is 3. The Morgan fingerprint density at radius 1 is 1.60 bits per heavy atom. The first-order valence-corrected chi connectivity index (χ1v) is 4.48. The van der Waals surface area contributed by atoms with Gasteiger partial charge in [0, 0.05) is 13.7 Å². The zero-order valence-corrected chi connectivity index (χ0v) is 8.23. The minimum Gasteiger partial charge on any atom is -0.370 e. The summed E-state index contributed by atoms with van der Waals surface area (Å²) >= 11 is 0. The Kier molecular flexibility index (Phi) is 3.25. The quantitative estimate of drug-likeness (QED) is 0.718. The van der Waals surface area contributed by atoms with Gasteiger partial charge in [-0.1, -0.05) is 0 Å². The molecule has 15 heavy (non-hydrogen) atoms. The van der Waals surface area contributed by atoms with Gasteiger partial charge in [-0.2, -0.15) is 13.2 Å². The van der Waals surface area contributed by atoms with Crippen LogP contribution in [0, 0.1) is 0 Å². The van der Waals surface area contributed by atoms with Crippen LogP contribution in [0.3, 0.4) is 0 Å². The second kappa shape index (κ2) is 3.97. The maximum atomic E-state index is 12.4. The first kappa shape index (κ1) is 12.3. The van der Waals surface area contributed by atoms with Gasteiger partial charge in [0.15, 0.2) is 0 Å². The van der Waals surface area contributed by atoms with E-state index in [0.29, 0.717) is 0 Å². The molecule has 1 atom stereocenters. The van der Waals surface area contributed by atoms with Crippen molar-refractivity contribution < 1.29 is 22.7 Å². The van der Waals surface area contributed by atoms with E-state index in [1.807, 2.05) is 5.32 Å². The molecule has 1 unspecified atom stereocenters. The van der Waals surface area contributed by atoms with Crippen LogP contribution in [0.2, 0.25) is 0 Å². The molecule has 0 saturated heterocycles. The fourth-order valence-electron chi connectivity index (χ4n) is 1.23. The predicted octanol–water partition coefficient (Wildman–Crippen LogP) is 0.171. The SMILES string of the molecule is COC(CN)C(=O)NC1(C(F)(F)F)CC1. The van der Waals surface area contributed by atoms with E-state index in [2.05, 4.69) is 4.74 Å². The highest BCUT2D eigenvalue weighted by molar-refractivity contribution is 5.82. The van der Waals surface area contributed by atoms with Gasteiger partial charge in [0.1, 0.15) is 11.6 Å². The number of carbonyl (C=O) groups is 1. The standard InChI is InChI=1S/C8H13F3N2O2/c1-15-5(4-12)6(14)13-7(2-3-7)8(9,10)11/h5H,2-4,12H2,1H3,(H,13,14). The molecule has 4 nitrogen and oxygen atoms in total. The van der Waals surface area contributed by atoms with Crippen molar-refractivity contribution in [2.75, 3.05) is 13.7 Å². The fourth-order valence-corrected chi connectivity index (χ4v) is 1.23. The number of rotatable bonds is 4. The highest BCUT2D eigenvalue weighted by atomic mass is 19.4. The van der Waals surface area contributed by atoms with Crippen molar-refractivity contribution in [3.8, 4) is 0 Å². The first-order valence-electron chi connectivity index (χ1n) is 4.48. The Bertz CT molecular complexity index is 247. The molecule has 3 N–H and O–H groups in total. The molecule has 88 valence electrons. The van der Waals surface area contributed by atoms with Crippen molar-refractivity contribution in [3.63, 3.8) is 0 Å². The molecule has 0 aromatic carbocycles. The van der Waals surface area contributed by atoms with Crippen LogP contribution in [0.1, 0.15) is 12.8 Å². The third kappa shape index (κ3) is 2.40. The van der Waals surface area contributed by atoms with Gasteiger partial charge in [-0.15, -0.1) is 0 Å². The van der Waals surface area contributed by atoms with E-state index in [0.717, 1.165) is 0 Å². The molecular weight excluding hydrogens is 213 g/mol. The van der Waals surface area contributed by atoms with Gasteiger partial charge in [0.2, 0.25) is 0 Å². The normalized spacial score (nSPS) is 20.9. The number of amides is 1. The minimum atomic E-state index is -4.41. The number of nitrogens with one attached hydrogen (secondary N) is 1. The second-order valence-electron chi connectivity index (χ2n) is 3.53. The Morgan fingerprint density at radius 3 is 2.40 bits per heavy atom. The van der Waals surface area contributed by atoms with E-state index in [4.69, 9.17) is 5.73 Å². The zero-order valence-electron chi connectivity index (χ0n) is 8.23. The van der Waals surface area contributed by atoms with Crippen LogP contribution in [0.5, 0.6) is 0 Å². The monoisotopic (exact) mass is 226 g/mol. The van der Waals surface area contributed by atoms with Gasteiger partial charge < -0.3 is 15.8 Å². The highest BCUT2D eigenvalue weighted by Gasteiger charge is 2.64. The van der Waals surface area contributed by atoms with E-state index in [1.54, 1.807) is 0 Å². The molecule has 0 aromatic heterocycles. The summed E-state index contributed by atoms with van der Waals surface area (Å²) in [6.07, 6.45) is -5.59. The molecule has 0 spiro atoms. The predicted molar refractivity (Wildman–Crippen MR) is 46.0 cm³/mol. The fraction of sp³-hybridized carbons (Fsp3) is 0.875. The average Bonchev–Trinajstić information content (AvgIpc) is 2.86. The molecule has 0 bridgehead atoms. The lowest BCUT2D eigenvalue weighted by molar-refractivity contribution is -0.172. The number of hydrogen-bond acceptors (Lipinski definition) is 3. The van der Waals surface area contributed by atoms with Crippen LogP contribution in [0.4, 0.5) is 13.2 Å². The van der Waals surface area contributed by atoms with Crippen LogP contribution in [-0.4, -0.2) is 37.4 Å². The number of alkyl halides is 3. The van der Waals surface area contributed by atoms with E-state index >= 15 is 0 Å². The maximum absolute atomic E-state index is 12.4. The van der Waals surface area contributed by atoms with Crippen molar-refractivity contribution in [1.29, 1.82) is 0 Å². The number of ether oxygens (including phenoxy) is 1. The Hall–Kier alpha value is -0.820. The molecule has 1 saturated carbocycles. The number of hydrogen-bond donors (Lipinski definition) is 2. The Labute approximate surface area is 84.9 Å². The van der Waals surface area contributed by atoms with Gasteiger partial charge in [0.25, 0.3) is 5.91 Å². The first-order chi connectivity index (χ1) is 6.86. The van der Waals surface area contributed by atoms with E-state index in [1.165, 1.54) is 7.11 Å². The molecule has 0 aromatic rings. The summed E-state index contributed by atoms with van der Waals surface area (Å²) in [6, 6.07) is 0. The largest absolute Gasteiger partial charge is 0.411 e. The van der Waals surface area contributed by atoms with Gasteiger partial charge >= 0.3 is 6.18 Å². The number of nitrogens with two attached hydrogens (primary N) is 1. The summed E-state index contributed by atoms with van der Waals surface area (Å²) in [5.74, 6) is -0.810. The summed E-state index contributed by atoms with van der Waals surface area (Å²) in [7, 11) is 1.23. The number of carbonyl (C=O) groups excluding carboxylic acids is 1. The molecule has 1 rings (SSSR count). The average molecular weight is 226 g/mol. The van der Waals surface area contributed by atoms with Gasteiger partial charge in [-0.05, 0) is 12.8 Å². The lowest BCUT2D eigenvalue weighted by Gasteiger charge is -2.23. The molecule has 1 fully saturated rings. The lowest BCUT2D eigenvalue weighted by Crippen LogP contribution is -2.52. The van der Waals surface area contributed by atoms with Crippen LogP contribution in [-0.2, 0) is 9.53 Å². The van der Waals surface area contributed by atoms with Gasteiger partial charge in [-0.25, -0.2) is 0 Å². The van der Waals surface area contributed by atoms with Gasteiger partial charge in [-0.3, -0.25) is 4.79 Å². The van der Waals surface area contributed by atoms with E-state index in [9.17, 15) is 18.0 Å². The third-order valence-electron chi connectivity index (χ3n) is 2.45. The molecule has 1 aliphatic rings. The van der Waals surface area contributed by atoms with Crippen LogP contribution in [0.25, 0.3) is 0 Å². The molecule has 1 aliphatic carbocycles. The summed E-state index contributed by atoms with van der Waals surface area (Å²) in [4.78, 5) is 11.3. The molecule has 7 heteroatoms. The van der Waals surface area contributed by atoms with Crippen molar-refractivity contribution in [3.05, 3.63) is 0 Å². The molecule has 1 amide bonds. The van der Waals surface area contributed by atoms with Crippen LogP contribution >= 0.6 is 0 Å². The van der Waals surface area contributed by atoms with Crippen LogP contribution in [0.15, 0.2) is 0 Å². The second-order valence-corrected chi connectivity index (χ2v) is 3.53. The number of methoxy groups -OCH3 is 1. The summed E-state index contributed by atoms with van der Waals surface area (Å²) in [6.45, 7) is -0.143. The summed E-state index contributed by atoms with van der Waals surface area (Å²) < 4.78 is 42.0. The molecule has 0 aliphatic heterocycles. The Morgan fingerprint density at radius 2 is 2.13 bits per heavy atom. The summed E-state index contributed by atoms with van der Waals surface area (Å²) in [5.41, 5.74) is 3.12. The van der Waals surface area contributed by atoms with Gasteiger partial charge in [0.05, 0.1) is 0 Å². The van der Waals surface area contributed by atoms with E-state index < -0.39 is 23.7 Å². The van der Waals surface area contributed by atoms with Crippen molar-refractivity contribution in [2.24, 2.45) is 5.73 Å². The van der Waals surface area contributed by atoms with Crippen molar-refractivity contribution in [1.82, 2.24) is 5.32 Å². The minimum absolute atomic E-state index is 0.0801. The van der Waals surface area contributed by atoms with E-state index in [-0.39, 0.29) is 19.4 Å². The smallest absolute Gasteiger partial charge is 0.370 e. The van der Waals surface area contributed by atoms with Crippen molar-refractivity contribution >= 4 is 5.91 Å². The van der Waals surface area contributed by atoms with Crippen molar-refractivity contribution in [2.45, 2.75) is 30.7 Å². The third-order valence-corrected chi connectivity index (χ3v) is 2.45. The molecular formula is C8H13F3N2O2. The van der Waals surface area contributed by atoms with Crippen LogP contribution < -0.4 is 11.1 Å². The Balaban J connectivity index is 2.59. The highest BCUT2D eigenvalue weighted by Crippen LogP contribution is 2.48. The topological polar surface area (TPSA) is 64.3 Å². The maximum Gasteiger partial charge on any atom is 0.411 e. The zero-order chi connectivity index (χ0) is 11.7. The molecule has 0 radical (unpaired) electrons. The molecule has 0 heterocycles. The lowest BCUT2D eigenvalue weighted by atomic mass is 10.2.